The number of rotatable bonds is 12. The molecule has 0 aromatic carbocycles. The molecular weight excluding hydrogens is 789 g/mol. The van der Waals surface area contributed by atoms with Crippen LogP contribution in [0.15, 0.2) is 23.8 Å². The summed E-state index contributed by atoms with van der Waals surface area (Å²) in [6.07, 6.45) is -4.61. The number of aliphatic hydroxyl groups excluding tert-OH is 8. The van der Waals surface area contributed by atoms with Crippen LogP contribution in [-0.4, -0.2) is 146 Å². The zero-order valence-corrected chi connectivity index (χ0v) is 37.6. The third-order valence-electron chi connectivity index (χ3n) is 17.1. The van der Waals surface area contributed by atoms with Gasteiger partial charge in [-0.25, -0.2) is 0 Å². The minimum absolute atomic E-state index is 0.0258. The van der Waals surface area contributed by atoms with Crippen molar-refractivity contribution in [2.75, 3.05) is 6.61 Å². The molecule has 3 heterocycles. The van der Waals surface area contributed by atoms with Gasteiger partial charge < -0.3 is 69.3 Å². The highest BCUT2D eigenvalue weighted by Crippen LogP contribution is 2.67. The Morgan fingerprint density at radius 3 is 1.92 bits per heavy atom. The summed E-state index contributed by atoms with van der Waals surface area (Å²) in [6.45, 7) is 16.8. The fraction of sp³-hybridized carbons (Fsp3) is 0.915. The molecule has 0 radical (unpaired) electrons. The predicted octanol–water partition coefficient (Wildman–Crippen LogP) is 3.33. The van der Waals surface area contributed by atoms with Crippen molar-refractivity contribution in [2.45, 2.75) is 211 Å². The molecule has 14 heteroatoms. The molecule has 3 saturated heterocycles. The first kappa shape index (κ1) is 47.9. The fourth-order valence-corrected chi connectivity index (χ4v) is 13.1. The van der Waals surface area contributed by atoms with E-state index < -0.39 is 98.7 Å². The van der Waals surface area contributed by atoms with Crippen LogP contribution in [0.3, 0.4) is 0 Å². The van der Waals surface area contributed by atoms with Crippen LogP contribution >= 0.6 is 0 Å². The lowest BCUT2D eigenvalue weighted by Crippen LogP contribution is -2.66. The molecule has 7 rings (SSSR count). The Balaban J connectivity index is 1.07. The minimum Gasteiger partial charge on any atom is -0.394 e. The van der Waals surface area contributed by atoms with Crippen LogP contribution in [0.2, 0.25) is 0 Å². The van der Waals surface area contributed by atoms with Crippen LogP contribution in [0.5, 0.6) is 0 Å². The van der Waals surface area contributed by atoms with Crippen LogP contribution in [0.4, 0.5) is 0 Å². The quantitative estimate of drug-likeness (QED) is 0.132. The number of hydrogen-bond donors (Lipinski definition) is 8. The molecule has 0 spiro atoms. The Hall–Kier alpha value is -1.08. The first-order chi connectivity index (χ1) is 28.8. The summed E-state index contributed by atoms with van der Waals surface area (Å²) >= 11 is 0. The van der Waals surface area contributed by atoms with Gasteiger partial charge in [0.2, 0.25) is 0 Å². The number of hydrogen-bond acceptors (Lipinski definition) is 14. The lowest BCUT2D eigenvalue weighted by molar-refractivity contribution is -0.388. The molecule has 0 amide bonds. The second-order valence-corrected chi connectivity index (χ2v) is 20.8. The Kier molecular flexibility index (Phi) is 14.9. The Morgan fingerprint density at radius 1 is 0.705 bits per heavy atom. The molecule has 0 aromatic heterocycles. The van der Waals surface area contributed by atoms with Crippen LogP contribution in [0, 0.1) is 52.3 Å². The summed E-state index contributed by atoms with van der Waals surface area (Å²) < 4.78 is 36.6. The van der Waals surface area contributed by atoms with Gasteiger partial charge >= 0.3 is 0 Å². The van der Waals surface area contributed by atoms with Gasteiger partial charge in [-0.2, -0.15) is 0 Å². The minimum atomic E-state index is -1.70. The second kappa shape index (κ2) is 19.0. The Bertz CT molecular complexity index is 1530. The molecule has 350 valence electrons. The molecule has 14 nitrogen and oxygen atoms in total. The largest absolute Gasteiger partial charge is 0.394 e. The number of aliphatic hydroxyl groups is 8. The SMILES string of the molecule is CCC(/C=C/[C@@H](C)[C@H]1CC[C@H]2[C@@H]3CC=C4C[C@@H](O[C@@H]5O[C@H](CO)[C@@H](O[C@@H]6O[C@@H](C)[C@H](O)[C@@H](O)[C@H]6O)[C@H](O)[C@H]5O[C@@H]5O[C@@H](C)[C@H](O)[C@@H](O)[C@H]5O)CC[C@]4(C)[C@H]3CC[C@]12C)C(C)C. The van der Waals surface area contributed by atoms with E-state index in [1.165, 1.54) is 51.5 Å². The third-order valence-corrected chi connectivity index (χ3v) is 17.1. The maximum atomic E-state index is 12.0. The van der Waals surface area contributed by atoms with Crippen molar-refractivity contribution in [1.29, 1.82) is 0 Å². The summed E-state index contributed by atoms with van der Waals surface area (Å²) in [5.41, 5.74) is 1.73. The first-order valence-corrected chi connectivity index (χ1v) is 23.5. The summed E-state index contributed by atoms with van der Waals surface area (Å²) in [6, 6.07) is 0. The lowest BCUT2D eigenvalue weighted by Gasteiger charge is -2.58. The van der Waals surface area contributed by atoms with E-state index in [0.29, 0.717) is 53.3 Å². The molecular formula is C47H78O14. The van der Waals surface area contributed by atoms with Crippen molar-refractivity contribution in [3.8, 4) is 0 Å². The monoisotopic (exact) mass is 867 g/mol. The van der Waals surface area contributed by atoms with Crippen molar-refractivity contribution >= 4 is 0 Å². The molecule has 3 saturated carbocycles. The van der Waals surface area contributed by atoms with Gasteiger partial charge in [-0.3, -0.25) is 0 Å². The summed E-state index contributed by atoms with van der Waals surface area (Å²) in [7, 11) is 0. The van der Waals surface area contributed by atoms with Crippen molar-refractivity contribution in [3.63, 3.8) is 0 Å². The molecule has 1 unspecified atom stereocenters. The average molecular weight is 867 g/mol. The highest BCUT2D eigenvalue weighted by atomic mass is 16.8. The van der Waals surface area contributed by atoms with Gasteiger partial charge in [0.1, 0.15) is 61.0 Å². The van der Waals surface area contributed by atoms with Gasteiger partial charge in [0.15, 0.2) is 18.9 Å². The standard InChI is InChI=1S/C47H78O14/c1-9-26(22(2)3)11-10-23(4)30-14-15-31-29-13-12-27-20-28(16-18-46(27,7)32(29)17-19-47(30,31)8)58-45-42(61-44-39(54)37(52)35(50)25(6)57-44)40(55)41(33(21-48)59-45)60-43-38(53)36(51)34(49)24(5)56-43/h10-12,22-26,28-45,48-55H,9,13-21H2,1-8H3/b11-10+/t23-,24+,25+,26?,28+,29+,30-,31+,32+,33-,34+,35+,36-,37-,38-,39-,40+,41-,42-,43+,44+,45-,46+,47-/m1/s1. The van der Waals surface area contributed by atoms with E-state index in [2.05, 4.69) is 59.8 Å². The van der Waals surface area contributed by atoms with Gasteiger partial charge in [0.05, 0.1) is 24.9 Å². The third kappa shape index (κ3) is 8.97. The molecule has 6 fully saturated rings. The highest BCUT2D eigenvalue weighted by molar-refractivity contribution is 5.26. The molecule has 4 aliphatic carbocycles. The van der Waals surface area contributed by atoms with Gasteiger partial charge in [0.25, 0.3) is 0 Å². The lowest BCUT2D eigenvalue weighted by atomic mass is 9.47. The number of fused-ring (bicyclic) bond motifs is 5. The molecule has 0 bridgehead atoms. The predicted molar refractivity (Wildman–Crippen MR) is 223 cm³/mol. The molecule has 8 N–H and O–H groups in total. The van der Waals surface area contributed by atoms with Crippen LogP contribution in [0.1, 0.15) is 113 Å². The maximum Gasteiger partial charge on any atom is 0.187 e. The van der Waals surface area contributed by atoms with Crippen LogP contribution < -0.4 is 0 Å². The molecule has 7 aliphatic rings. The van der Waals surface area contributed by atoms with Crippen LogP contribution in [-0.2, 0) is 28.4 Å². The van der Waals surface area contributed by atoms with Gasteiger partial charge in [-0.05, 0) is 124 Å². The first-order valence-electron chi connectivity index (χ1n) is 23.5. The van der Waals surface area contributed by atoms with E-state index in [0.717, 1.165) is 19.3 Å². The zero-order chi connectivity index (χ0) is 44.3. The molecule has 3 aliphatic heterocycles. The van der Waals surface area contributed by atoms with E-state index in [4.69, 9.17) is 28.4 Å². The van der Waals surface area contributed by atoms with E-state index >= 15 is 0 Å². The summed E-state index contributed by atoms with van der Waals surface area (Å²) in [4.78, 5) is 0. The van der Waals surface area contributed by atoms with E-state index in [-0.39, 0.29) is 11.5 Å². The topological polar surface area (TPSA) is 217 Å². The number of ether oxygens (including phenoxy) is 6. The zero-order valence-electron chi connectivity index (χ0n) is 37.6. The van der Waals surface area contributed by atoms with Crippen molar-refractivity contribution in [2.24, 2.45) is 52.3 Å². The maximum absolute atomic E-state index is 12.0. The van der Waals surface area contributed by atoms with E-state index in [1.807, 2.05) is 0 Å². The average Bonchev–Trinajstić information content (AvgIpc) is 3.59. The van der Waals surface area contributed by atoms with Gasteiger partial charge in [0, 0.05) is 0 Å². The molecule has 24 atom stereocenters. The normalized spacial score (nSPS) is 51.4. The van der Waals surface area contributed by atoms with Crippen molar-refractivity contribution < 1.29 is 69.3 Å². The second-order valence-electron chi connectivity index (χ2n) is 20.8. The van der Waals surface area contributed by atoms with Crippen molar-refractivity contribution in [1.82, 2.24) is 0 Å². The Morgan fingerprint density at radius 2 is 1.33 bits per heavy atom. The fourth-order valence-electron chi connectivity index (χ4n) is 13.1. The summed E-state index contributed by atoms with van der Waals surface area (Å²) in [5, 5.41) is 85.9. The van der Waals surface area contributed by atoms with Crippen molar-refractivity contribution in [3.05, 3.63) is 23.8 Å². The Labute approximate surface area is 362 Å². The van der Waals surface area contributed by atoms with E-state index in [1.54, 1.807) is 0 Å². The van der Waals surface area contributed by atoms with Gasteiger partial charge in [-0.1, -0.05) is 65.3 Å². The number of allylic oxidation sites excluding steroid dienone is 3. The van der Waals surface area contributed by atoms with Crippen LogP contribution in [0.25, 0.3) is 0 Å². The smallest absolute Gasteiger partial charge is 0.187 e. The molecule has 0 aromatic rings. The van der Waals surface area contributed by atoms with Gasteiger partial charge in [-0.15, -0.1) is 0 Å². The highest BCUT2D eigenvalue weighted by Gasteiger charge is 2.60. The van der Waals surface area contributed by atoms with E-state index in [9.17, 15) is 40.9 Å². The summed E-state index contributed by atoms with van der Waals surface area (Å²) in [5.74, 6) is 4.43. The molecule has 61 heavy (non-hydrogen) atoms.